The Bertz CT molecular complexity index is 953. The summed E-state index contributed by atoms with van der Waals surface area (Å²) in [7, 11) is 3.08. The third kappa shape index (κ3) is 5.53. The molecule has 0 spiro atoms. The van der Waals surface area contributed by atoms with Crippen LogP contribution in [0.5, 0.6) is 11.5 Å². The van der Waals surface area contributed by atoms with Gasteiger partial charge in [0.05, 0.1) is 14.2 Å². The quantitative estimate of drug-likeness (QED) is 0.796. The van der Waals surface area contributed by atoms with Crippen molar-refractivity contribution in [3.05, 3.63) is 53.6 Å². The fourth-order valence-electron chi connectivity index (χ4n) is 3.55. The van der Waals surface area contributed by atoms with Gasteiger partial charge in [-0.2, -0.15) is 0 Å². The molecule has 8 nitrogen and oxygen atoms in total. The van der Waals surface area contributed by atoms with Crippen LogP contribution in [0, 0.1) is 0 Å². The molecule has 1 aliphatic rings. The summed E-state index contributed by atoms with van der Waals surface area (Å²) < 4.78 is 10.5. The number of hydrogen-bond donors (Lipinski definition) is 1. The van der Waals surface area contributed by atoms with Gasteiger partial charge in [0.25, 0.3) is 11.8 Å². The maximum atomic E-state index is 13.1. The molecule has 0 bridgehead atoms. The molecule has 3 rings (SSSR count). The largest absolute Gasteiger partial charge is 0.497 e. The number of ether oxygens (including phenoxy) is 2. The third-order valence-electron chi connectivity index (χ3n) is 5.10. The van der Waals surface area contributed by atoms with E-state index in [1.54, 1.807) is 66.5 Å². The van der Waals surface area contributed by atoms with Crippen LogP contribution < -0.4 is 14.8 Å². The molecule has 8 heteroatoms. The summed E-state index contributed by atoms with van der Waals surface area (Å²) in [5, 5.41) is 2.69. The van der Waals surface area contributed by atoms with Crippen LogP contribution in [0.15, 0.2) is 42.5 Å². The highest BCUT2D eigenvalue weighted by atomic mass is 16.5. The molecule has 1 fully saturated rings. The fourth-order valence-corrected chi connectivity index (χ4v) is 3.55. The Morgan fingerprint density at radius 2 is 1.39 bits per heavy atom. The van der Waals surface area contributed by atoms with Crippen molar-refractivity contribution in [2.75, 3.05) is 45.7 Å². The van der Waals surface area contributed by atoms with E-state index in [0.29, 0.717) is 60.9 Å². The number of methoxy groups -OCH3 is 2. The number of anilines is 1. The Kier molecular flexibility index (Phi) is 7.12. The monoisotopic (exact) mass is 425 g/mol. The second-order valence-electron chi connectivity index (χ2n) is 7.30. The Labute approximate surface area is 181 Å². The van der Waals surface area contributed by atoms with Crippen LogP contribution in [0.25, 0.3) is 0 Å². The zero-order chi connectivity index (χ0) is 22.4. The number of nitrogens with zero attached hydrogens (tertiary/aromatic N) is 2. The van der Waals surface area contributed by atoms with Gasteiger partial charge in [-0.15, -0.1) is 0 Å². The molecular weight excluding hydrogens is 398 g/mol. The normalized spacial score (nSPS) is 13.9. The molecule has 0 unspecified atom stereocenters. The predicted octanol–water partition coefficient (Wildman–Crippen LogP) is 2.65. The molecule has 0 saturated carbocycles. The van der Waals surface area contributed by atoms with Crippen LogP contribution in [0.1, 0.15) is 34.1 Å². The van der Waals surface area contributed by atoms with Crippen LogP contribution in [0.4, 0.5) is 5.69 Å². The minimum atomic E-state index is -0.192. The van der Waals surface area contributed by atoms with Gasteiger partial charge >= 0.3 is 0 Å². The van der Waals surface area contributed by atoms with E-state index in [1.807, 2.05) is 0 Å². The number of carbonyl (C=O) groups is 3. The maximum Gasteiger partial charge on any atom is 0.254 e. The van der Waals surface area contributed by atoms with E-state index < -0.39 is 0 Å². The summed E-state index contributed by atoms with van der Waals surface area (Å²) in [6, 6.07) is 12.0. The highest BCUT2D eigenvalue weighted by Crippen LogP contribution is 2.24. The SMILES string of the molecule is COc1cc(OC)cc(C(=O)N2CCCN(C(=O)c3cccc(NC(C)=O)c3)CC2)c1. The predicted molar refractivity (Wildman–Crippen MR) is 117 cm³/mol. The topological polar surface area (TPSA) is 88.2 Å². The molecule has 31 heavy (non-hydrogen) atoms. The number of benzene rings is 2. The van der Waals surface area contributed by atoms with Gasteiger partial charge in [0, 0.05) is 56.0 Å². The molecular formula is C23H27N3O5. The molecule has 1 N–H and O–H groups in total. The zero-order valence-electron chi connectivity index (χ0n) is 18.0. The summed E-state index contributed by atoms with van der Waals surface area (Å²) in [6.07, 6.45) is 0.671. The zero-order valence-corrected chi connectivity index (χ0v) is 18.0. The fraction of sp³-hybridized carbons (Fsp3) is 0.348. The van der Waals surface area contributed by atoms with Crippen molar-refractivity contribution in [3.8, 4) is 11.5 Å². The van der Waals surface area contributed by atoms with Gasteiger partial charge in [0.1, 0.15) is 11.5 Å². The van der Waals surface area contributed by atoms with Gasteiger partial charge in [-0.1, -0.05) is 6.07 Å². The van der Waals surface area contributed by atoms with E-state index in [-0.39, 0.29) is 17.7 Å². The minimum Gasteiger partial charge on any atom is -0.497 e. The van der Waals surface area contributed by atoms with Gasteiger partial charge in [-0.05, 0) is 36.8 Å². The van der Waals surface area contributed by atoms with Gasteiger partial charge in [-0.25, -0.2) is 0 Å². The van der Waals surface area contributed by atoms with Crippen molar-refractivity contribution in [2.45, 2.75) is 13.3 Å². The van der Waals surface area contributed by atoms with Gasteiger partial charge in [0.2, 0.25) is 5.91 Å². The average molecular weight is 425 g/mol. The van der Waals surface area contributed by atoms with Crippen molar-refractivity contribution in [3.63, 3.8) is 0 Å². The van der Waals surface area contributed by atoms with Gasteiger partial charge in [0.15, 0.2) is 0 Å². The first-order valence-corrected chi connectivity index (χ1v) is 10.1. The molecule has 0 aliphatic carbocycles. The lowest BCUT2D eigenvalue weighted by atomic mass is 10.1. The Morgan fingerprint density at radius 1 is 0.806 bits per heavy atom. The van der Waals surface area contributed by atoms with Crippen LogP contribution in [-0.4, -0.2) is 67.9 Å². The summed E-state index contributed by atoms with van der Waals surface area (Å²) >= 11 is 0. The summed E-state index contributed by atoms with van der Waals surface area (Å²) in [6.45, 7) is 3.38. The van der Waals surface area contributed by atoms with E-state index >= 15 is 0 Å². The lowest BCUT2D eigenvalue weighted by Crippen LogP contribution is -2.37. The standard InChI is InChI=1S/C23H27N3O5/c1-16(27)24-19-7-4-6-17(12-19)22(28)25-8-5-9-26(11-10-25)23(29)18-13-20(30-2)15-21(14-18)31-3/h4,6-7,12-15H,5,8-11H2,1-3H3,(H,24,27). The number of hydrogen-bond acceptors (Lipinski definition) is 5. The first kappa shape index (κ1) is 22.1. The second-order valence-corrected chi connectivity index (χ2v) is 7.30. The van der Waals surface area contributed by atoms with E-state index in [4.69, 9.17) is 9.47 Å². The van der Waals surface area contributed by atoms with E-state index in [9.17, 15) is 14.4 Å². The van der Waals surface area contributed by atoms with Crippen molar-refractivity contribution < 1.29 is 23.9 Å². The second kappa shape index (κ2) is 9.97. The molecule has 0 radical (unpaired) electrons. The Hall–Kier alpha value is -3.55. The van der Waals surface area contributed by atoms with Crippen molar-refractivity contribution >= 4 is 23.4 Å². The highest BCUT2D eigenvalue weighted by Gasteiger charge is 2.24. The summed E-state index contributed by atoms with van der Waals surface area (Å²) in [5.74, 6) is 0.660. The molecule has 2 aromatic rings. The molecule has 0 atom stereocenters. The van der Waals surface area contributed by atoms with E-state index in [2.05, 4.69) is 5.32 Å². The van der Waals surface area contributed by atoms with Crippen LogP contribution in [0.3, 0.4) is 0 Å². The minimum absolute atomic E-state index is 0.121. The molecule has 0 aromatic heterocycles. The average Bonchev–Trinajstić information content (AvgIpc) is 3.03. The smallest absolute Gasteiger partial charge is 0.254 e. The van der Waals surface area contributed by atoms with Crippen molar-refractivity contribution in [2.24, 2.45) is 0 Å². The summed E-state index contributed by atoms with van der Waals surface area (Å²) in [4.78, 5) is 40.8. The third-order valence-corrected chi connectivity index (χ3v) is 5.10. The van der Waals surface area contributed by atoms with Crippen molar-refractivity contribution in [1.82, 2.24) is 9.80 Å². The number of amides is 3. The first-order valence-electron chi connectivity index (χ1n) is 10.1. The van der Waals surface area contributed by atoms with Gasteiger partial charge < -0.3 is 24.6 Å². The van der Waals surface area contributed by atoms with Crippen LogP contribution >= 0.6 is 0 Å². The number of carbonyl (C=O) groups excluding carboxylic acids is 3. The highest BCUT2D eigenvalue weighted by molar-refractivity contribution is 5.97. The Morgan fingerprint density at radius 3 is 1.94 bits per heavy atom. The molecule has 1 heterocycles. The van der Waals surface area contributed by atoms with E-state index in [0.717, 1.165) is 0 Å². The molecule has 3 amide bonds. The lowest BCUT2D eigenvalue weighted by Gasteiger charge is -2.23. The molecule has 1 saturated heterocycles. The molecule has 1 aliphatic heterocycles. The van der Waals surface area contributed by atoms with Crippen LogP contribution in [-0.2, 0) is 4.79 Å². The number of rotatable bonds is 5. The van der Waals surface area contributed by atoms with Crippen LogP contribution in [0.2, 0.25) is 0 Å². The summed E-state index contributed by atoms with van der Waals surface area (Å²) in [5.41, 5.74) is 1.57. The molecule has 164 valence electrons. The van der Waals surface area contributed by atoms with Crippen molar-refractivity contribution in [1.29, 1.82) is 0 Å². The lowest BCUT2D eigenvalue weighted by molar-refractivity contribution is -0.114. The first-order chi connectivity index (χ1) is 14.9. The van der Waals surface area contributed by atoms with E-state index in [1.165, 1.54) is 6.92 Å². The van der Waals surface area contributed by atoms with Gasteiger partial charge in [-0.3, -0.25) is 14.4 Å². The molecule has 2 aromatic carbocycles. The Balaban J connectivity index is 1.70. The number of nitrogens with one attached hydrogen (secondary N) is 1. The maximum absolute atomic E-state index is 13.1.